The first-order chi connectivity index (χ1) is 8.96. The van der Waals surface area contributed by atoms with Gasteiger partial charge in [0.05, 0.1) is 26.1 Å². The van der Waals surface area contributed by atoms with E-state index >= 15 is 0 Å². The molecule has 0 aromatic heterocycles. The molecule has 0 saturated heterocycles. The fourth-order valence-electron chi connectivity index (χ4n) is 2.41. The molecule has 1 aromatic rings. The number of halogens is 2. The van der Waals surface area contributed by atoms with Gasteiger partial charge in [0.15, 0.2) is 0 Å². The summed E-state index contributed by atoms with van der Waals surface area (Å²) < 4.78 is 0. The quantitative estimate of drug-likeness (QED) is 0.841. The predicted molar refractivity (Wildman–Crippen MR) is 81.9 cm³/mol. The van der Waals surface area contributed by atoms with E-state index in [0.717, 1.165) is 25.7 Å². The first kappa shape index (κ1) is 14.6. The van der Waals surface area contributed by atoms with Gasteiger partial charge in [0.25, 0.3) is 5.91 Å². The second-order valence-corrected chi connectivity index (χ2v) is 5.96. The van der Waals surface area contributed by atoms with Crippen molar-refractivity contribution >= 4 is 46.3 Å². The van der Waals surface area contributed by atoms with E-state index in [-0.39, 0.29) is 11.5 Å². The third kappa shape index (κ3) is 2.86. The maximum atomic E-state index is 12.4. The molecule has 0 radical (unpaired) electrons. The van der Waals surface area contributed by atoms with Gasteiger partial charge in [-0.1, -0.05) is 54.3 Å². The van der Waals surface area contributed by atoms with Crippen LogP contribution in [0.5, 0.6) is 0 Å². The van der Waals surface area contributed by atoms with Gasteiger partial charge >= 0.3 is 0 Å². The van der Waals surface area contributed by atoms with E-state index in [4.69, 9.17) is 41.2 Å². The molecule has 0 unspecified atom stereocenters. The Labute approximate surface area is 127 Å². The van der Waals surface area contributed by atoms with Crippen LogP contribution in [0.25, 0.3) is 0 Å². The van der Waals surface area contributed by atoms with Crippen molar-refractivity contribution in [1.29, 1.82) is 0 Å². The fraction of sp³-hybridized carbons (Fsp3) is 0.385. The molecular formula is C13H14Cl2N2OS. The lowest BCUT2D eigenvalue weighted by molar-refractivity contribution is 0.0925. The predicted octanol–water partition coefficient (Wildman–Crippen LogP) is 3.32. The highest BCUT2D eigenvalue weighted by Crippen LogP contribution is 2.32. The number of hydrogen-bond acceptors (Lipinski definition) is 2. The van der Waals surface area contributed by atoms with Crippen molar-refractivity contribution < 1.29 is 4.79 Å². The first-order valence-corrected chi connectivity index (χ1v) is 7.19. The van der Waals surface area contributed by atoms with Crippen LogP contribution in [0.3, 0.4) is 0 Å². The topological polar surface area (TPSA) is 55.1 Å². The molecule has 0 atom stereocenters. The molecular weight excluding hydrogens is 303 g/mol. The Morgan fingerprint density at radius 2 is 1.79 bits per heavy atom. The summed E-state index contributed by atoms with van der Waals surface area (Å²) in [4.78, 5) is 12.7. The van der Waals surface area contributed by atoms with Gasteiger partial charge in [-0.05, 0) is 25.0 Å². The lowest BCUT2D eigenvalue weighted by Gasteiger charge is -2.29. The molecule has 0 spiro atoms. The van der Waals surface area contributed by atoms with E-state index < -0.39 is 5.54 Å². The van der Waals surface area contributed by atoms with E-state index in [1.54, 1.807) is 18.2 Å². The summed E-state index contributed by atoms with van der Waals surface area (Å²) >= 11 is 17.1. The Balaban J connectivity index is 2.28. The Bertz CT molecular complexity index is 507. The smallest absolute Gasteiger partial charge is 0.255 e. The van der Waals surface area contributed by atoms with Gasteiger partial charge in [-0.15, -0.1) is 0 Å². The van der Waals surface area contributed by atoms with Gasteiger partial charge in [0.2, 0.25) is 0 Å². The average Bonchev–Trinajstić information content (AvgIpc) is 2.78. The minimum Gasteiger partial charge on any atom is -0.391 e. The van der Waals surface area contributed by atoms with Crippen LogP contribution in [0.2, 0.25) is 10.0 Å². The van der Waals surface area contributed by atoms with Crippen LogP contribution in [-0.4, -0.2) is 16.4 Å². The molecule has 0 bridgehead atoms. The Hall–Kier alpha value is -0.840. The van der Waals surface area contributed by atoms with Crippen LogP contribution >= 0.6 is 35.4 Å². The molecule has 6 heteroatoms. The van der Waals surface area contributed by atoms with Gasteiger partial charge in [0, 0.05) is 0 Å². The SMILES string of the molecule is NC(=S)C1(NC(=O)c2c(Cl)cccc2Cl)CCCC1. The summed E-state index contributed by atoms with van der Waals surface area (Å²) in [6.45, 7) is 0. The zero-order valence-corrected chi connectivity index (χ0v) is 12.5. The first-order valence-electron chi connectivity index (χ1n) is 6.03. The number of hydrogen-bond donors (Lipinski definition) is 2. The highest BCUT2D eigenvalue weighted by Gasteiger charge is 2.38. The van der Waals surface area contributed by atoms with Crippen molar-refractivity contribution in [2.75, 3.05) is 0 Å². The normalized spacial score (nSPS) is 17.2. The molecule has 0 heterocycles. The molecule has 1 amide bonds. The molecule has 0 aliphatic heterocycles. The van der Waals surface area contributed by atoms with Crippen LogP contribution in [0.1, 0.15) is 36.0 Å². The summed E-state index contributed by atoms with van der Waals surface area (Å²) in [5.41, 5.74) is 5.46. The maximum absolute atomic E-state index is 12.4. The van der Waals surface area contributed by atoms with E-state index in [1.807, 2.05) is 0 Å². The van der Waals surface area contributed by atoms with Crippen LogP contribution < -0.4 is 11.1 Å². The van der Waals surface area contributed by atoms with Gasteiger partial charge in [-0.3, -0.25) is 4.79 Å². The van der Waals surface area contributed by atoms with Gasteiger partial charge < -0.3 is 11.1 Å². The molecule has 2 rings (SSSR count). The largest absolute Gasteiger partial charge is 0.391 e. The van der Waals surface area contributed by atoms with Crippen LogP contribution in [0.4, 0.5) is 0 Å². The van der Waals surface area contributed by atoms with Crippen molar-refractivity contribution in [2.24, 2.45) is 5.73 Å². The number of carbonyl (C=O) groups is 1. The molecule has 1 saturated carbocycles. The van der Waals surface area contributed by atoms with E-state index in [9.17, 15) is 4.79 Å². The number of nitrogens with one attached hydrogen (secondary N) is 1. The van der Waals surface area contributed by atoms with Gasteiger partial charge in [-0.2, -0.15) is 0 Å². The van der Waals surface area contributed by atoms with E-state index in [1.165, 1.54) is 0 Å². The molecule has 1 aliphatic rings. The Kier molecular flexibility index (Phi) is 4.33. The van der Waals surface area contributed by atoms with Crippen molar-refractivity contribution in [3.63, 3.8) is 0 Å². The zero-order chi connectivity index (χ0) is 14.0. The zero-order valence-electron chi connectivity index (χ0n) is 10.2. The molecule has 3 N–H and O–H groups in total. The minimum atomic E-state index is -0.602. The maximum Gasteiger partial charge on any atom is 0.255 e. The third-order valence-electron chi connectivity index (χ3n) is 3.47. The monoisotopic (exact) mass is 316 g/mol. The average molecular weight is 317 g/mol. The van der Waals surface area contributed by atoms with Crippen molar-refractivity contribution in [1.82, 2.24) is 5.32 Å². The highest BCUT2D eigenvalue weighted by molar-refractivity contribution is 7.80. The molecule has 1 aromatic carbocycles. The van der Waals surface area contributed by atoms with Crippen LogP contribution in [0.15, 0.2) is 18.2 Å². The van der Waals surface area contributed by atoms with Crippen LogP contribution in [0, 0.1) is 0 Å². The molecule has 19 heavy (non-hydrogen) atoms. The Morgan fingerprint density at radius 3 is 2.26 bits per heavy atom. The minimum absolute atomic E-state index is 0.272. The molecule has 1 fully saturated rings. The van der Waals surface area contributed by atoms with Gasteiger partial charge in [0.1, 0.15) is 0 Å². The number of thiocarbonyl (C=S) groups is 1. The van der Waals surface area contributed by atoms with E-state index in [2.05, 4.69) is 5.32 Å². The van der Waals surface area contributed by atoms with Gasteiger partial charge in [-0.25, -0.2) is 0 Å². The number of benzene rings is 1. The third-order valence-corrected chi connectivity index (χ3v) is 4.49. The number of carbonyl (C=O) groups excluding carboxylic acids is 1. The summed E-state index contributed by atoms with van der Waals surface area (Å²) in [5, 5.41) is 3.56. The summed E-state index contributed by atoms with van der Waals surface area (Å²) in [6, 6.07) is 4.95. The van der Waals surface area contributed by atoms with Crippen molar-refractivity contribution in [3.8, 4) is 0 Å². The molecule has 3 nitrogen and oxygen atoms in total. The standard InChI is InChI=1S/C13H14Cl2N2OS/c14-8-4-3-5-9(15)10(8)11(18)17-13(12(16)19)6-1-2-7-13/h3-5H,1-2,6-7H2,(H2,16,19)(H,17,18). The van der Waals surface area contributed by atoms with Crippen molar-refractivity contribution in [3.05, 3.63) is 33.8 Å². The second kappa shape index (κ2) is 5.65. The molecule has 1 aliphatic carbocycles. The van der Waals surface area contributed by atoms with E-state index in [0.29, 0.717) is 15.0 Å². The van der Waals surface area contributed by atoms with Crippen molar-refractivity contribution in [2.45, 2.75) is 31.2 Å². The summed E-state index contributed by atoms with van der Waals surface area (Å²) in [5.74, 6) is -0.328. The lowest BCUT2D eigenvalue weighted by atomic mass is 9.97. The highest BCUT2D eigenvalue weighted by atomic mass is 35.5. The molecule has 102 valence electrons. The summed E-state index contributed by atoms with van der Waals surface area (Å²) in [7, 11) is 0. The summed E-state index contributed by atoms with van der Waals surface area (Å²) in [6.07, 6.45) is 3.51. The Morgan fingerprint density at radius 1 is 1.26 bits per heavy atom. The number of nitrogens with two attached hydrogens (primary N) is 1. The lowest BCUT2D eigenvalue weighted by Crippen LogP contribution is -2.54. The van der Waals surface area contributed by atoms with Crippen LogP contribution in [-0.2, 0) is 0 Å². The second-order valence-electron chi connectivity index (χ2n) is 4.70. The number of amides is 1. The number of rotatable bonds is 3. The fourth-order valence-corrected chi connectivity index (χ4v) is 3.23.